The van der Waals surface area contributed by atoms with Crippen molar-refractivity contribution in [3.05, 3.63) is 33.9 Å². The molecular formula is C13H17N3O4. The second kappa shape index (κ2) is 5.87. The molecule has 0 atom stereocenters. The van der Waals surface area contributed by atoms with E-state index in [0.29, 0.717) is 18.7 Å². The normalized spacial score (nSPS) is 16.0. The number of ether oxygens (including phenoxy) is 1. The summed E-state index contributed by atoms with van der Waals surface area (Å²) in [5.41, 5.74) is 0.134. The number of benzene rings is 1. The summed E-state index contributed by atoms with van der Waals surface area (Å²) in [6.07, 6.45) is 0. The topological polar surface area (TPSA) is 75.9 Å². The molecule has 2 rings (SSSR count). The maximum absolute atomic E-state index is 12.3. The SMILES string of the molecule is COc1ccc(C(=O)N2CCN(C)CC2)cc1[N+](=O)[O-]. The van der Waals surface area contributed by atoms with Crippen molar-refractivity contribution in [2.75, 3.05) is 40.3 Å². The highest BCUT2D eigenvalue weighted by molar-refractivity contribution is 5.95. The van der Waals surface area contributed by atoms with Crippen LogP contribution in [0.4, 0.5) is 5.69 Å². The van der Waals surface area contributed by atoms with Gasteiger partial charge in [0.2, 0.25) is 0 Å². The molecule has 108 valence electrons. The molecule has 1 aliphatic rings. The number of nitro groups is 1. The van der Waals surface area contributed by atoms with Crippen molar-refractivity contribution >= 4 is 11.6 Å². The highest BCUT2D eigenvalue weighted by atomic mass is 16.6. The lowest BCUT2D eigenvalue weighted by Gasteiger charge is -2.32. The number of carbonyl (C=O) groups is 1. The highest BCUT2D eigenvalue weighted by Gasteiger charge is 2.23. The summed E-state index contributed by atoms with van der Waals surface area (Å²) in [4.78, 5) is 26.6. The third-order valence-corrected chi connectivity index (χ3v) is 3.41. The maximum Gasteiger partial charge on any atom is 0.311 e. The number of hydrogen-bond acceptors (Lipinski definition) is 5. The Kier molecular flexibility index (Phi) is 4.19. The Balaban J connectivity index is 2.22. The predicted molar refractivity (Wildman–Crippen MR) is 73.0 cm³/mol. The molecule has 7 nitrogen and oxygen atoms in total. The molecule has 0 aromatic heterocycles. The molecule has 7 heteroatoms. The molecule has 1 aliphatic heterocycles. The lowest BCUT2D eigenvalue weighted by atomic mass is 10.1. The van der Waals surface area contributed by atoms with Gasteiger partial charge in [-0.25, -0.2) is 0 Å². The fraction of sp³-hybridized carbons (Fsp3) is 0.462. The number of carbonyl (C=O) groups excluding carboxylic acids is 1. The smallest absolute Gasteiger partial charge is 0.311 e. The lowest BCUT2D eigenvalue weighted by Crippen LogP contribution is -2.47. The van der Waals surface area contributed by atoms with Crippen LogP contribution in [0.15, 0.2) is 18.2 Å². The second-order valence-electron chi connectivity index (χ2n) is 4.74. The van der Waals surface area contributed by atoms with Crippen molar-refractivity contribution in [1.29, 1.82) is 0 Å². The minimum absolute atomic E-state index is 0.157. The van der Waals surface area contributed by atoms with Crippen LogP contribution >= 0.6 is 0 Å². The van der Waals surface area contributed by atoms with Gasteiger partial charge in [-0.1, -0.05) is 0 Å². The molecule has 0 saturated carbocycles. The third-order valence-electron chi connectivity index (χ3n) is 3.41. The Morgan fingerprint density at radius 1 is 1.30 bits per heavy atom. The van der Waals surface area contributed by atoms with E-state index < -0.39 is 4.92 Å². The first-order chi connectivity index (χ1) is 9.52. The standard InChI is InChI=1S/C13H17N3O4/c1-14-5-7-15(8-6-14)13(17)10-3-4-12(20-2)11(9-10)16(18)19/h3-4,9H,5-8H2,1-2H3. The van der Waals surface area contributed by atoms with Crippen LogP contribution in [0.2, 0.25) is 0 Å². The van der Waals surface area contributed by atoms with Crippen molar-refractivity contribution < 1.29 is 14.5 Å². The summed E-state index contributed by atoms with van der Waals surface area (Å²) in [7, 11) is 3.37. The van der Waals surface area contributed by atoms with Crippen LogP contribution < -0.4 is 4.74 Å². The minimum Gasteiger partial charge on any atom is -0.490 e. The molecule has 0 N–H and O–H groups in total. The first-order valence-electron chi connectivity index (χ1n) is 6.33. The number of methoxy groups -OCH3 is 1. The quantitative estimate of drug-likeness (QED) is 0.609. The van der Waals surface area contributed by atoms with Gasteiger partial charge in [0.25, 0.3) is 5.91 Å². The number of amides is 1. The van der Waals surface area contributed by atoms with Gasteiger partial charge < -0.3 is 14.5 Å². The fourth-order valence-electron chi connectivity index (χ4n) is 2.16. The molecule has 1 saturated heterocycles. The Morgan fingerprint density at radius 2 is 1.95 bits per heavy atom. The van der Waals surface area contributed by atoms with Crippen LogP contribution in [0.1, 0.15) is 10.4 Å². The zero-order chi connectivity index (χ0) is 14.7. The summed E-state index contributed by atoms with van der Waals surface area (Å²) < 4.78 is 4.93. The third kappa shape index (κ3) is 2.88. The summed E-state index contributed by atoms with van der Waals surface area (Å²) in [5, 5.41) is 11.0. The molecule has 1 aromatic rings. The predicted octanol–water partition coefficient (Wildman–Crippen LogP) is 0.991. The summed E-state index contributed by atoms with van der Waals surface area (Å²) >= 11 is 0. The molecule has 0 aliphatic carbocycles. The second-order valence-corrected chi connectivity index (χ2v) is 4.74. The van der Waals surface area contributed by atoms with E-state index in [9.17, 15) is 14.9 Å². The molecule has 0 bridgehead atoms. The van der Waals surface area contributed by atoms with E-state index in [0.717, 1.165) is 13.1 Å². The lowest BCUT2D eigenvalue weighted by molar-refractivity contribution is -0.385. The van der Waals surface area contributed by atoms with E-state index in [1.165, 1.54) is 19.2 Å². The Labute approximate surface area is 116 Å². The van der Waals surface area contributed by atoms with Gasteiger partial charge in [-0.3, -0.25) is 14.9 Å². The Hall–Kier alpha value is -2.15. The van der Waals surface area contributed by atoms with E-state index >= 15 is 0 Å². The van der Waals surface area contributed by atoms with Crippen LogP contribution in [0.3, 0.4) is 0 Å². The molecule has 1 fully saturated rings. The van der Waals surface area contributed by atoms with Gasteiger partial charge in [0, 0.05) is 37.8 Å². The van der Waals surface area contributed by atoms with Crippen LogP contribution in [0.25, 0.3) is 0 Å². The van der Waals surface area contributed by atoms with Crippen molar-refractivity contribution in [2.24, 2.45) is 0 Å². The Morgan fingerprint density at radius 3 is 2.50 bits per heavy atom. The number of likely N-dealkylation sites (N-methyl/N-ethyl adjacent to an activating group) is 1. The van der Waals surface area contributed by atoms with Gasteiger partial charge >= 0.3 is 5.69 Å². The largest absolute Gasteiger partial charge is 0.490 e. The highest BCUT2D eigenvalue weighted by Crippen LogP contribution is 2.28. The van der Waals surface area contributed by atoms with E-state index in [-0.39, 0.29) is 17.3 Å². The van der Waals surface area contributed by atoms with Gasteiger partial charge in [-0.05, 0) is 19.2 Å². The zero-order valence-corrected chi connectivity index (χ0v) is 11.5. The molecule has 1 aromatic carbocycles. The molecule has 0 spiro atoms. The average molecular weight is 279 g/mol. The van der Waals surface area contributed by atoms with Crippen LogP contribution in [-0.2, 0) is 0 Å². The zero-order valence-electron chi connectivity index (χ0n) is 11.5. The minimum atomic E-state index is -0.542. The van der Waals surface area contributed by atoms with Gasteiger partial charge in [-0.2, -0.15) is 0 Å². The van der Waals surface area contributed by atoms with Gasteiger partial charge in [-0.15, -0.1) is 0 Å². The number of rotatable bonds is 3. The molecule has 20 heavy (non-hydrogen) atoms. The van der Waals surface area contributed by atoms with Crippen LogP contribution in [0, 0.1) is 10.1 Å². The van der Waals surface area contributed by atoms with Crippen LogP contribution in [-0.4, -0.2) is 61.0 Å². The number of nitrogens with zero attached hydrogens (tertiary/aromatic N) is 3. The van der Waals surface area contributed by atoms with Gasteiger partial charge in [0.1, 0.15) is 0 Å². The average Bonchev–Trinajstić information content (AvgIpc) is 2.46. The molecular weight excluding hydrogens is 262 g/mol. The fourth-order valence-corrected chi connectivity index (χ4v) is 2.16. The molecule has 0 unspecified atom stereocenters. The van der Waals surface area contributed by atoms with Gasteiger partial charge in [0.15, 0.2) is 5.75 Å². The first-order valence-corrected chi connectivity index (χ1v) is 6.33. The molecule has 1 heterocycles. The van der Waals surface area contributed by atoms with E-state index in [2.05, 4.69) is 4.90 Å². The van der Waals surface area contributed by atoms with E-state index in [4.69, 9.17) is 4.74 Å². The Bertz CT molecular complexity index is 524. The van der Waals surface area contributed by atoms with Crippen molar-refractivity contribution in [1.82, 2.24) is 9.80 Å². The molecule has 0 radical (unpaired) electrons. The summed E-state index contributed by atoms with van der Waals surface area (Å²) in [5.74, 6) is -0.0196. The van der Waals surface area contributed by atoms with E-state index in [1.807, 2.05) is 7.05 Å². The van der Waals surface area contributed by atoms with E-state index in [1.54, 1.807) is 11.0 Å². The first kappa shape index (κ1) is 14.3. The van der Waals surface area contributed by atoms with Crippen molar-refractivity contribution in [3.63, 3.8) is 0 Å². The monoisotopic (exact) mass is 279 g/mol. The molecule has 1 amide bonds. The summed E-state index contributed by atoms with van der Waals surface area (Å²) in [6, 6.07) is 4.30. The van der Waals surface area contributed by atoms with Crippen molar-refractivity contribution in [2.45, 2.75) is 0 Å². The van der Waals surface area contributed by atoms with Crippen LogP contribution in [0.5, 0.6) is 5.75 Å². The maximum atomic E-state index is 12.3. The number of nitro benzene ring substituents is 1. The number of hydrogen-bond donors (Lipinski definition) is 0. The van der Waals surface area contributed by atoms with Gasteiger partial charge in [0.05, 0.1) is 12.0 Å². The van der Waals surface area contributed by atoms with Crippen molar-refractivity contribution in [3.8, 4) is 5.75 Å². The summed E-state index contributed by atoms with van der Waals surface area (Å²) in [6.45, 7) is 2.89. The number of piperazine rings is 1.